The van der Waals surface area contributed by atoms with Crippen molar-refractivity contribution in [2.24, 2.45) is 7.05 Å². The molecule has 0 atom stereocenters. The van der Waals surface area contributed by atoms with E-state index in [-0.39, 0.29) is 16.3 Å². The van der Waals surface area contributed by atoms with E-state index in [2.05, 4.69) is 5.32 Å². The van der Waals surface area contributed by atoms with Crippen molar-refractivity contribution in [2.75, 3.05) is 19.0 Å². The number of halogens is 1. The number of amides is 1. The number of carbonyl (C=O) groups excluding carboxylic acids is 1. The van der Waals surface area contributed by atoms with Crippen LogP contribution in [0.25, 0.3) is 11.8 Å². The number of nitriles is 1. The molecule has 2 aromatic carbocycles. The van der Waals surface area contributed by atoms with Gasteiger partial charge in [-0.05, 0) is 49.8 Å². The Morgan fingerprint density at radius 3 is 2.58 bits per heavy atom. The van der Waals surface area contributed by atoms with Crippen LogP contribution in [0.3, 0.4) is 0 Å². The van der Waals surface area contributed by atoms with E-state index in [0.717, 1.165) is 0 Å². The van der Waals surface area contributed by atoms with Gasteiger partial charge in [0.05, 0.1) is 30.1 Å². The van der Waals surface area contributed by atoms with E-state index < -0.39 is 11.5 Å². The highest BCUT2D eigenvalue weighted by Crippen LogP contribution is 2.37. The number of carbonyl (C=O) groups is 1. The molecule has 0 aliphatic rings. The van der Waals surface area contributed by atoms with Crippen molar-refractivity contribution < 1.29 is 14.3 Å². The Labute approximate surface area is 196 Å². The van der Waals surface area contributed by atoms with Crippen molar-refractivity contribution in [1.29, 1.82) is 5.26 Å². The third kappa shape index (κ3) is 4.78. The molecule has 3 rings (SSSR count). The van der Waals surface area contributed by atoms with E-state index in [0.29, 0.717) is 35.1 Å². The van der Waals surface area contributed by atoms with E-state index in [9.17, 15) is 14.9 Å². The molecule has 0 radical (unpaired) electrons. The second-order valence-corrected chi connectivity index (χ2v) is 7.43. The van der Waals surface area contributed by atoms with Crippen LogP contribution in [0.1, 0.15) is 18.2 Å². The summed E-state index contributed by atoms with van der Waals surface area (Å²) >= 11 is 6.26. The van der Waals surface area contributed by atoms with Gasteiger partial charge in [-0.25, -0.2) is 4.68 Å². The Morgan fingerprint density at radius 2 is 1.97 bits per heavy atom. The van der Waals surface area contributed by atoms with Crippen molar-refractivity contribution in [3.05, 3.63) is 74.7 Å². The van der Waals surface area contributed by atoms with Gasteiger partial charge in [-0.3, -0.25) is 14.3 Å². The van der Waals surface area contributed by atoms with Gasteiger partial charge in [0, 0.05) is 7.05 Å². The standard InChI is InChI=1S/C24H23ClN4O4/c1-5-33-20-13-16(12-19(25)22(20)32-4)11-17(14-26)23(30)27-21-15(2)28(3)29(24(21)31)18-9-7-6-8-10-18/h6-13H,5H2,1-4H3,(H,27,30)/b17-11+. The van der Waals surface area contributed by atoms with Gasteiger partial charge in [0.1, 0.15) is 17.3 Å². The van der Waals surface area contributed by atoms with Crippen LogP contribution >= 0.6 is 11.6 Å². The smallest absolute Gasteiger partial charge is 0.295 e. The number of aromatic nitrogens is 2. The highest BCUT2D eigenvalue weighted by molar-refractivity contribution is 6.32. The highest BCUT2D eigenvalue weighted by Gasteiger charge is 2.20. The zero-order valence-corrected chi connectivity index (χ0v) is 19.4. The normalized spacial score (nSPS) is 11.1. The third-order valence-corrected chi connectivity index (χ3v) is 5.29. The molecule has 0 bridgehead atoms. The fraction of sp³-hybridized carbons (Fsp3) is 0.208. The first-order valence-electron chi connectivity index (χ1n) is 10.1. The number of nitrogens with one attached hydrogen (secondary N) is 1. The first kappa shape index (κ1) is 23.7. The Morgan fingerprint density at radius 1 is 1.27 bits per heavy atom. The number of anilines is 1. The third-order valence-electron chi connectivity index (χ3n) is 5.00. The molecule has 8 nitrogen and oxygen atoms in total. The summed E-state index contributed by atoms with van der Waals surface area (Å²) in [5, 5.41) is 12.5. The van der Waals surface area contributed by atoms with Crippen molar-refractivity contribution in [1.82, 2.24) is 9.36 Å². The van der Waals surface area contributed by atoms with Gasteiger partial charge >= 0.3 is 0 Å². The monoisotopic (exact) mass is 466 g/mol. The Bertz CT molecular complexity index is 1320. The second-order valence-electron chi connectivity index (χ2n) is 7.03. The van der Waals surface area contributed by atoms with Crippen molar-refractivity contribution in [3.63, 3.8) is 0 Å². The highest BCUT2D eigenvalue weighted by atomic mass is 35.5. The van der Waals surface area contributed by atoms with Gasteiger partial charge in [0.25, 0.3) is 11.5 Å². The lowest BCUT2D eigenvalue weighted by atomic mass is 10.1. The van der Waals surface area contributed by atoms with E-state index in [4.69, 9.17) is 21.1 Å². The lowest BCUT2D eigenvalue weighted by Gasteiger charge is -2.12. The van der Waals surface area contributed by atoms with Crippen LogP contribution in [0.2, 0.25) is 5.02 Å². The SMILES string of the molecule is CCOc1cc(/C=C(\C#N)C(=O)Nc2c(C)n(C)n(-c3ccccc3)c2=O)cc(Cl)c1OC. The predicted molar refractivity (Wildman–Crippen MR) is 127 cm³/mol. The van der Waals surface area contributed by atoms with Crippen molar-refractivity contribution in [2.45, 2.75) is 13.8 Å². The minimum Gasteiger partial charge on any atom is -0.491 e. The topological polar surface area (TPSA) is 98.3 Å². The number of hydrogen-bond acceptors (Lipinski definition) is 5. The van der Waals surface area contributed by atoms with E-state index in [1.807, 2.05) is 31.2 Å². The fourth-order valence-electron chi connectivity index (χ4n) is 3.34. The molecule has 0 spiro atoms. The van der Waals surface area contributed by atoms with Crippen LogP contribution in [0, 0.1) is 18.3 Å². The summed E-state index contributed by atoms with van der Waals surface area (Å²) in [4.78, 5) is 25.9. The summed E-state index contributed by atoms with van der Waals surface area (Å²) in [6, 6.07) is 14.1. The van der Waals surface area contributed by atoms with E-state index in [1.165, 1.54) is 17.9 Å². The maximum atomic E-state index is 13.0. The number of ether oxygens (including phenoxy) is 2. The zero-order valence-electron chi connectivity index (χ0n) is 18.7. The molecule has 1 amide bonds. The second kappa shape index (κ2) is 10.1. The number of benzene rings is 2. The van der Waals surface area contributed by atoms with E-state index >= 15 is 0 Å². The van der Waals surface area contributed by atoms with Crippen molar-refractivity contribution >= 4 is 29.3 Å². The molecule has 0 saturated heterocycles. The van der Waals surface area contributed by atoms with Gasteiger partial charge in [-0.15, -0.1) is 0 Å². The molecule has 0 saturated carbocycles. The lowest BCUT2D eigenvalue weighted by Crippen LogP contribution is -2.23. The molecule has 1 aromatic heterocycles. The van der Waals surface area contributed by atoms with Crippen LogP contribution in [0.4, 0.5) is 5.69 Å². The largest absolute Gasteiger partial charge is 0.491 e. The summed E-state index contributed by atoms with van der Waals surface area (Å²) in [5.74, 6) is 0.0366. The summed E-state index contributed by atoms with van der Waals surface area (Å²) < 4.78 is 13.9. The minimum atomic E-state index is -0.714. The molecule has 33 heavy (non-hydrogen) atoms. The van der Waals surface area contributed by atoms with Crippen LogP contribution < -0.4 is 20.3 Å². The number of para-hydroxylation sites is 1. The molecular formula is C24H23ClN4O4. The Balaban J connectivity index is 1.97. The Hall–Kier alpha value is -3.96. The summed E-state index contributed by atoms with van der Waals surface area (Å²) in [7, 11) is 3.19. The number of rotatable bonds is 7. The predicted octanol–water partition coefficient (Wildman–Crippen LogP) is 4.09. The van der Waals surface area contributed by atoms with E-state index in [1.54, 1.807) is 42.9 Å². The average molecular weight is 467 g/mol. The molecule has 1 N–H and O–H groups in total. The average Bonchev–Trinajstić information content (AvgIpc) is 3.01. The molecule has 0 unspecified atom stereocenters. The van der Waals surface area contributed by atoms with Crippen LogP contribution in [0.15, 0.2) is 52.8 Å². The fourth-order valence-corrected chi connectivity index (χ4v) is 3.64. The summed E-state index contributed by atoms with van der Waals surface area (Å²) in [6.45, 7) is 3.91. The Kier molecular flexibility index (Phi) is 7.26. The van der Waals surface area contributed by atoms with Gasteiger partial charge in [0.15, 0.2) is 11.5 Å². The van der Waals surface area contributed by atoms with Gasteiger partial charge in [-0.2, -0.15) is 5.26 Å². The summed E-state index contributed by atoms with van der Waals surface area (Å²) in [6.07, 6.45) is 1.37. The van der Waals surface area contributed by atoms with Crippen molar-refractivity contribution in [3.8, 4) is 23.3 Å². The molecular weight excluding hydrogens is 444 g/mol. The molecule has 170 valence electrons. The number of nitrogens with zero attached hydrogens (tertiary/aromatic N) is 3. The van der Waals surface area contributed by atoms with Gasteiger partial charge in [0.2, 0.25) is 0 Å². The molecule has 0 fully saturated rings. The van der Waals surface area contributed by atoms with Crippen LogP contribution in [0.5, 0.6) is 11.5 Å². The first-order valence-corrected chi connectivity index (χ1v) is 10.5. The summed E-state index contributed by atoms with van der Waals surface area (Å²) in [5.41, 5.74) is 1.16. The molecule has 1 heterocycles. The molecule has 0 aliphatic carbocycles. The number of methoxy groups -OCH3 is 1. The molecule has 9 heteroatoms. The van der Waals surface area contributed by atoms with Gasteiger partial charge < -0.3 is 14.8 Å². The van der Waals surface area contributed by atoms with Crippen LogP contribution in [-0.4, -0.2) is 29.0 Å². The molecule has 0 aliphatic heterocycles. The van der Waals surface area contributed by atoms with Crippen LogP contribution in [-0.2, 0) is 11.8 Å². The molecule has 3 aromatic rings. The quantitative estimate of drug-likeness (QED) is 0.417. The maximum absolute atomic E-state index is 13.0. The van der Waals surface area contributed by atoms with Gasteiger partial charge in [-0.1, -0.05) is 29.8 Å². The number of hydrogen-bond donors (Lipinski definition) is 1. The first-order chi connectivity index (χ1) is 15.8. The zero-order chi connectivity index (χ0) is 24.1. The minimum absolute atomic E-state index is 0.0928. The lowest BCUT2D eigenvalue weighted by molar-refractivity contribution is -0.112. The maximum Gasteiger partial charge on any atom is 0.295 e.